The van der Waals surface area contributed by atoms with Crippen molar-refractivity contribution >= 4 is 34.8 Å². The number of benzene rings is 1. The SMILES string of the molecule is Cc1cc(Cl)c(NC(=O)C(CN)C(C)C)cc1Cl. The summed E-state index contributed by atoms with van der Waals surface area (Å²) in [6.45, 7) is 6.08. The van der Waals surface area contributed by atoms with Crippen molar-refractivity contribution in [3.8, 4) is 0 Å². The Labute approximate surface area is 118 Å². The number of amides is 1. The first-order valence-electron chi connectivity index (χ1n) is 5.83. The van der Waals surface area contributed by atoms with Crippen molar-refractivity contribution in [2.75, 3.05) is 11.9 Å². The van der Waals surface area contributed by atoms with E-state index in [1.165, 1.54) is 0 Å². The molecule has 0 radical (unpaired) electrons. The lowest BCUT2D eigenvalue weighted by Crippen LogP contribution is -2.33. The van der Waals surface area contributed by atoms with Gasteiger partial charge in [0.2, 0.25) is 5.91 Å². The van der Waals surface area contributed by atoms with Crippen molar-refractivity contribution in [3.63, 3.8) is 0 Å². The van der Waals surface area contributed by atoms with E-state index in [4.69, 9.17) is 28.9 Å². The molecule has 0 bridgehead atoms. The summed E-state index contributed by atoms with van der Waals surface area (Å²) >= 11 is 12.1. The molecule has 0 aliphatic heterocycles. The van der Waals surface area contributed by atoms with E-state index in [0.717, 1.165) is 5.56 Å². The van der Waals surface area contributed by atoms with Crippen LogP contribution in [0, 0.1) is 18.8 Å². The van der Waals surface area contributed by atoms with Crippen LogP contribution >= 0.6 is 23.2 Å². The lowest BCUT2D eigenvalue weighted by molar-refractivity contribution is -0.120. The van der Waals surface area contributed by atoms with E-state index in [-0.39, 0.29) is 17.7 Å². The van der Waals surface area contributed by atoms with E-state index in [0.29, 0.717) is 22.3 Å². The van der Waals surface area contributed by atoms with E-state index in [1.807, 2.05) is 20.8 Å². The topological polar surface area (TPSA) is 55.1 Å². The van der Waals surface area contributed by atoms with Crippen LogP contribution in [0.3, 0.4) is 0 Å². The van der Waals surface area contributed by atoms with Crippen molar-refractivity contribution in [1.82, 2.24) is 0 Å². The molecule has 18 heavy (non-hydrogen) atoms. The third-order valence-electron chi connectivity index (χ3n) is 2.90. The second kappa shape index (κ2) is 6.41. The first kappa shape index (κ1) is 15.3. The van der Waals surface area contributed by atoms with Crippen LogP contribution in [-0.4, -0.2) is 12.5 Å². The molecular weight excluding hydrogens is 271 g/mol. The maximum atomic E-state index is 12.0. The van der Waals surface area contributed by atoms with Crippen LogP contribution in [0.15, 0.2) is 12.1 Å². The number of rotatable bonds is 4. The van der Waals surface area contributed by atoms with E-state index in [2.05, 4.69) is 5.32 Å². The largest absolute Gasteiger partial charge is 0.330 e. The van der Waals surface area contributed by atoms with Crippen LogP contribution in [0.25, 0.3) is 0 Å². The molecule has 0 fully saturated rings. The average Bonchev–Trinajstić information content (AvgIpc) is 2.26. The Morgan fingerprint density at radius 1 is 1.33 bits per heavy atom. The molecule has 0 heterocycles. The Bertz CT molecular complexity index is 447. The third kappa shape index (κ3) is 3.61. The summed E-state index contributed by atoms with van der Waals surface area (Å²) < 4.78 is 0. The molecule has 0 aliphatic carbocycles. The van der Waals surface area contributed by atoms with Gasteiger partial charge in [-0.1, -0.05) is 37.0 Å². The lowest BCUT2D eigenvalue weighted by atomic mass is 9.95. The van der Waals surface area contributed by atoms with Gasteiger partial charge >= 0.3 is 0 Å². The van der Waals surface area contributed by atoms with Crippen LogP contribution in [0.2, 0.25) is 10.0 Å². The normalized spacial score (nSPS) is 12.6. The number of nitrogens with two attached hydrogens (primary N) is 1. The summed E-state index contributed by atoms with van der Waals surface area (Å²) in [6, 6.07) is 3.39. The van der Waals surface area contributed by atoms with E-state index < -0.39 is 0 Å². The number of hydrogen-bond acceptors (Lipinski definition) is 2. The molecule has 3 nitrogen and oxygen atoms in total. The highest BCUT2D eigenvalue weighted by atomic mass is 35.5. The highest BCUT2D eigenvalue weighted by Gasteiger charge is 2.21. The zero-order chi connectivity index (χ0) is 13.9. The van der Waals surface area contributed by atoms with Crippen LogP contribution in [0.4, 0.5) is 5.69 Å². The Balaban J connectivity index is 2.91. The fourth-order valence-electron chi connectivity index (χ4n) is 1.65. The minimum Gasteiger partial charge on any atom is -0.330 e. The summed E-state index contributed by atoms with van der Waals surface area (Å²) in [5, 5.41) is 3.82. The number of nitrogens with one attached hydrogen (secondary N) is 1. The molecule has 1 atom stereocenters. The fourth-order valence-corrected chi connectivity index (χ4v) is 2.08. The van der Waals surface area contributed by atoms with Crippen molar-refractivity contribution < 1.29 is 4.79 Å². The van der Waals surface area contributed by atoms with Gasteiger partial charge in [0.1, 0.15) is 0 Å². The second-order valence-electron chi connectivity index (χ2n) is 4.66. The molecule has 0 aromatic heterocycles. The van der Waals surface area contributed by atoms with Crippen molar-refractivity contribution in [3.05, 3.63) is 27.7 Å². The van der Waals surface area contributed by atoms with Gasteiger partial charge < -0.3 is 11.1 Å². The first-order chi connectivity index (χ1) is 8.36. The molecule has 5 heteroatoms. The molecule has 0 spiro atoms. The van der Waals surface area contributed by atoms with Crippen LogP contribution in [0.1, 0.15) is 19.4 Å². The maximum Gasteiger partial charge on any atom is 0.229 e. The molecule has 1 unspecified atom stereocenters. The number of halogens is 2. The summed E-state index contributed by atoms with van der Waals surface area (Å²) in [7, 11) is 0. The number of hydrogen-bond donors (Lipinski definition) is 2. The average molecular weight is 289 g/mol. The van der Waals surface area contributed by atoms with Gasteiger partial charge in [-0.3, -0.25) is 4.79 Å². The van der Waals surface area contributed by atoms with Crippen molar-refractivity contribution in [2.24, 2.45) is 17.6 Å². The highest BCUT2D eigenvalue weighted by molar-refractivity contribution is 6.36. The molecule has 1 rings (SSSR count). The van der Waals surface area contributed by atoms with Gasteiger partial charge in [-0.2, -0.15) is 0 Å². The Morgan fingerprint density at radius 3 is 2.44 bits per heavy atom. The summed E-state index contributed by atoms with van der Waals surface area (Å²) in [5.41, 5.74) is 7.00. The summed E-state index contributed by atoms with van der Waals surface area (Å²) in [6.07, 6.45) is 0. The van der Waals surface area contributed by atoms with E-state index >= 15 is 0 Å². The zero-order valence-electron chi connectivity index (χ0n) is 10.8. The van der Waals surface area contributed by atoms with Gasteiger partial charge in [0.05, 0.1) is 16.6 Å². The summed E-state index contributed by atoms with van der Waals surface area (Å²) in [5.74, 6) is -0.190. The zero-order valence-corrected chi connectivity index (χ0v) is 12.3. The molecule has 1 aromatic rings. The minimum atomic E-state index is -0.235. The van der Waals surface area contributed by atoms with E-state index in [1.54, 1.807) is 12.1 Å². The van der Waals surface area contributed by atoms with Gasteiger partial charge in [-0.05, 0) is 30.5 Å². The lowest BCUT2D eigenvalue weighted by Gasteiger charge is -2.19. The molecular formula is C13H18Cl2N2O. The van der Waals surface area contributed by atoms with Gasteiger partial charge in [-0.25, -0.2) is 0 Å². The number of aryl methyl sites for hydroxylation is 1. The van der Waals surface area contributed by atoms with Gasteiger partial charge in [-0.15, -0.1) is 0 Å². The second-order valence-corrected chi connectivity index (χ2v) is 5.47. The Morgan fingerprint density at radius 2 is 1.94 bits per heavy atom. The van der Waals surface area contributed by atoms with Crippen LogP contribution in [-0.2, 0) is 4.79 Å². The van der Waals surface area contributed by atoms with Gasteiger partial charge in [0.25, 0.3) is 0 Å². The first-order valence-corrected chi connectivity index (χ1v) is 6.59. The number of carbonyl (C=O) groups is 1. The molecule has 1 amide bonds. The molecule has 3 N–H and O–H groups in total. The minimum absolute atomic E-state index is 0.130. The van der Waals surface area contributed by atoms with E-state index in [9.17, 15) is 4.79 Å². The van der Waals surface area contributed by atoms with Crippen molar-refractivity contribution in [1.29, 1.82) is 0 Å². The molecule has 1 aromatic carbocycles. The Kier molecular flexibility index (Phi) is 5.45. The smallest absolute Gasteiger partial charge is 0.229 e. The molecule has 0 aliphatic rings. The van der Waals surface area contributed by atoms with Gasteiger partial charge in [0, 0.05) is 11.6 Å². The predicted molar refractivity (Wildman–Crippen MR) is 77.2 cm³/mol. The fraction of sp³-hybridized carbons (Fsp3) is 0.462. The number of anilines is 1. The van der Waals surface area contributed by atoms with Crippen LogP contribution in [0.5, 0.6) is 0 Å². The monoisotopic (exact) mass is 288 g/mol. The molecule has 100 valence electrons. The quantitative estimate of drug-likeness (QED) is 0.891. The van der Waals surface area contributed by atoms with Gasteiger partial charge in [0.15, 0.2) is 0 Å². The summed E-state index contributed by atoms with van der Waals surface area (Å²) in [4.78, 5) is 12.0. The van der Waals surface area contributed by atoms with Crippen molar-refractivity contribution in [2.45, 2.75) is 20.8 Å². The molecule has 0 saturated heterocycles. The molecule has 0 saturated carbocycles. The maximum absolute atomic E-state index is 12.0. The Hall–Kier alpha value is -0.770. The highest BCUT2D eigenvalue weighted by Crippen LogP contribution is 2.29. The van der Waals surface area contributed by atoms with Crippen LogP contribution < -0.4 is 11.1 Å². The predicted octanol–water partition coefficient (Wildman–Crippen LogP) is 3.47. The number of carbonyl (C=O) groups excluding carboxylic acids is 1. The third-order valence-corrected chi connectivity index (χ3v) is 3.62. The standard InChI is InChI=1S/C13H18Cl2N2O/c1-7(2)9(6-16)13(18)17-12-5-10(14)8(3)4-11(12)15/h4-5,7,9H,6,16H2,1-3H3,(H,17,18).